The number of hydrogen-bond donors (Lipinski definition) is 2. The predicted octanol–water partition coefficient (Wildman–Crippen LogP) is 2.33. The number of thioether (sulfide) groups is 1. The molecule has 1 aromatic rings. The molecule has 1 heterocycles. The van der Waals surface area contributed by atoms with Gasteiger partial charge in [0.25, 0.3) is 5.69 Å². The molecule has 1 N–H and O–H groups in total. The number of nitro groups is 1. The molecule has 0 aromatic heterocycles. The molecular weight excluding hydrogens is 352 g/mol. The van der Waals surface area contributed by atoms with E-state index in [1.807, 2.05) is 0 Å². The molecule has 2 atom stereocenters. The Hall–Kier alpha value is -1.45. The molecule has 0 saturated carbocycles. The minimum absolute atomic E-state index is 0.00325. The summed E-state index contributed by atoms with van der Waals surface area (Å²) in [6.45, 7) is 0.722. The van der Waals surface area contributed by atoms with Gasteiger partial charge in [-0.2, -0.15) is 24.4 Å². The minimum atomic E-state index is -0.471. The highest BCUT2D eigenvalue weighted by Gasteiger charge is 2.34. The van der Waals surface area contributed by atoms with Crippen LogP contribution in [0.1, 0.15) is 12.0 Å². The molecule has 0 radical (unpaired) electrons. The number of aliphatic hydroxyl groups is 1. The first-order valence-electron chi connectivity index (χ1n) is 7.54. The van der Waals surface area contributed by atoms with Gasteiger partial charge in [0.2, 0.25) is 0 Å². The number of aliphatic hydroxyl groups excluding tert-OH is 1. The second-order valence-electron chi connectivity index (χ2n) is 5.47. The van der Waals surface area contributed by atoms with E-state index in [1.165, 1.54) is 12.1 Å². The molecule has 9 heteroatoms. The van der Waals surface area contributed by atoms with E-state index in [-0.39, 0.29) is 30.2 Å². The van der Waals surface area contributed by atoms with Crippen LogP contribution in [0.5, 0.6) is 0 Å². The Morgan fingerprint density at radius 2 is 2.17 bits per heavy atom. The molecule has 1 fully saturated rings. The first-order valence-corrected chi connectivity index (χ1v) is 9.21. The van der Waals surface area contributed by atoms with Gasteiger partial charge in [0.1, 0.15) is 6.61 Å². The number of carbonyl (C=O) groups is 1. The average Bonchev–Trinajstić information content (AvgIpc) is 2.94. The highest BCUT2D eigenvalue weighted by Crippen LogP contribution is 2.25. The molecule has 0 spiro atoms. The lowest BCUT2D eigenvalue weighted by molar-refractivity contribution is -0.384. The number of likely N-dealkylation sites (tertiary alicyclic amines) is 1. The van der Waals surface area contributed by atoms with Crippen molar-refractivity contribution < 1.29 is 19.6 Å². The number of ether oxygens (including phenoxy) is 1. The Labute approximate surface area is 149 Å². The summed E-state index contributed by atoms with van der Waals surface area (Å²) in [5.41, 5.74) is 0.699. The first-order chi connectivity index (χ1) is 11.5. The van der Waals surface area contributed by atoms with Gasteiger partial charge in [0.15, 0.2) is 0 Å². The second-order valence-corrected chi connectivity index (χ2v) is 7.35. The van der Waals surface area contributed by atoms with Crippen molar-refractivity contribution in [1.82, 2.24) is 4.90 Å². The van der Waals surface area contributed by atoms with Crippen LogP contribution < -0.4 is 0 Å². The van der Waals surface area contributed by atoms with Gasteiger partial charge in [-0.25, -0.2) is 4.79 Å². The molecule has 0 unspecified atom stereocenters. The van der Waals surface area contributed by atoms with Crippen LogP contribution >= 0.6 is 24.4 Å². The third-order valence-corrected chi connectivity index (χ3v) is 5.15. The molecule has 1 aromatic carbocycles. The van der Waals surface area contributed by atoms with Gasteiger partial charge in [-0.15, -0.1) is 0 Å². The largest absolute Gasteiger partial charge is 0.445 e. The van der Waals surface area contributed by atoms with Crippen LogP contribution in [0.15, 0.2) is 24.3 Å². The van der Waals surface area contributed by atoms with Crippen LogP contribution in [0.3, 0.4) is 0 Å². The maximum atomic E-state index is 12.3. The van der Waals surface area contributed by atoms with Gasteiger partial charge in [0.05, 0.1) is 11.5 Å². The van der Waals surface area contributed by atoms with E-state index in [0.29, 0.717) is 17.9 Å². The smallest absolute Gasteiger partial charge is 0.410 e. The fraction of sp³-hybridized carbons (Fsp3) is 0.533. The van der Waals surface area contributed by atoms with Crippen molar-refractivity contribution in [2.24, 2.45) is 0 Å². The molecule has 7 nitrogen and oxygen atoms in total. The molecule has 2 rings (SSSR count). The number of carbonyl (C=O) groups excluding carboxylic acids is 1. The van der Waals surface area contributed by atoms with Crippen LogP contribution in [-0.2, 0) is 11.3 Å². The van der Waals surface area contributed by atoms with E-state index in [1.54, 1.807) is 28.8 Å². The molecule has 0 bridgehead atoms. The van der Waals surface area contributed by atoms with Crippen molar-refractivity contribution in [2.45, 2.75) is 24.3 Å². The number of hydrogen-bond acceptors (Lipinski definition) is 7. The van der Waals surface area contributed by atoms with Gasteiger partial charge in [-0.05, 0) is 24.1 Å². The number of nitro benzene ring substituents is 1. The lowest BCUT2D eigenvalue weighted by Gasteiger charge is -2.23. The maximum absolute atomic E-state index is 12.3. The highest BCUT2D eigenvalue weighted by atomic mass is 32.2. The molecule has 132 valence electrons. The molecule has 1 aliphatic heterocycles. The maximum Gasteiger partial charge on any atom is 0.410 e. The van der Waals surface area contributed by atoms with E-state index in [4.69, 9.17) is 9.84 Å². The van der Waals surface area contributed by atoms with Crippen molar-refractivity contribution in [2.75, 3.05) is 24.7 Å². The quantitative estimate of drug-likeness (QED) is 0.330. The Morgan fingerprint density at radius 1 is 1.46 bits per heavy atom. The summed E-state index contributed by atoms with van der Waals surface area (Å²) >= 11 is 6.04. The zero-order valence-corrected chi connectivity index (χ0v) is 14.7. The molecule has 24 heavy (non-hydrogen) atoms. The standard InChI is InChI=1S/C15H20N2O5S2/c18-5-6-24-10-13-7-14(23)8-16(13)15(19)22-9-11-1-3-12(4-2-11)17(20)21/h1-4,13-14,18,23H,5-10H2/t13-,14-/m0/s1. The van der Waals surface area contributed by atoms with E-state index in [0.717, 1.165) is 12.2 Å². The van der Waals surface area contributed by atoms with Crippen molar-refractivity contribution in [3.63, 3.8) is 0 Å². The second kappa shape index (κ2) is 9.14. The van der Waals surface area contributed by atoms with Gasteiger partial charge in [-0.3, -0.25) is 10.1 Å². The first kappa shape index (κ1) is 18.9. The van der Waals surface area contributed by atoms with Crippen LogP contribution in [0, 0.1) is 10.1 Å². The van der Waals surface area contributed by atoms with Crippen molar-refractivity contribution in [1.29, 1.82) is 0 Å². The Balaban J connectivity index is 1.86. The monoisotopic (exact) mass is 372 g/mol. The summed E-state index contributed by atoms with van der Waals surface area (Å²) in [5.74, 6) is 1.38. The summed E-state index contributed by atoms with van der Waals surface area (Å²) < 4.78 is 5.32. The number of benzene rings is 1. The molecule has 1 amide bonds. The van der Waals surface area contributed by atoms with Crippen LogP contribution in [0.2, 0.25) is 0 Å². The molecule has 1 saturated heterocycles. The normalized spacial score (nSPS) is 20.2. The molecule has 0 aliphatic carbocycles. The van der Waals surface area contributed by atoms with Crippen LogP contribution in [-0.4, -0.2) is 57.0 Å². The van der Waals surface area contributed by atoms with E-state index in [9.17, 15) is 14.9 Å². The van der Waals surface area contributed by atoms with E-state index in [2.05, 4.69) is 12.6 Å². The number of non-ortho nitro benzene ring substituents is 1. The predicted molar refractivity (Wildman–Crippen MR) is 95.6 cm³/mol. The fourth-order valence-electron chi connectivity index (χ4n) is 2.50. The zero-order chi connectivity index (χ0) is 17.5. The van der Waals surface area contributed by atoms with Crippen molar-refractivity contribution in [3.8, 4) is 0 Å². The van der Waals surface area contributed by atoms with Gasteiger partial charge in [-0.1, -0.05) is 0 Å². The summed E-state index contributed by atoms with van der Waals surface area (Å²) in [7, 11) is 0. The Kier molecular flexibility index (Phi) is 7.19. The molecule has 1 aliphatic rings. The minimum Gasteiger partial charge on any atom is -0.445 e. The summed E-state index contributed by atoms with van der Waals surface area (Å²) in [4.78, 5) is 24.1. The number of nitrogens with zero attached hydrogens (tertiary/aromatic N) is 2. The van der Waals surface area contributed by atoms with E-state index < -0.39 is 11.0 Å². The van der Waals surface area contributed by atoms with Gasteiger partial charge in [0, 0.05) is 41.5 Å². The number of thiol groups is 1. The lowest BCUT2D eigenvalue weighted by Crippen LogP contribution is -2.37. The topological polar surface area (TPSA) is 92.9 Å². The summed E-state index contributed by atoms with van der Waals surface area (Å²) in [5, 5.41) is 19.6. The number of rotatable bonds is 7. The Morgan fingerprint density at radius 3 is 2.79 bits per heavy atom. The summed E-state index contributed by atoms with van der Waals surface area (Å²) in [6.07, 6.45) is 0.397. The van der Waals surface area contributed by atoms with Crippen molar-refractivity contribution >= 4 is 36.2 Å². The lowest BCUT2D eigenvalue weighted by atomic mass is 10.2. The van der Waals surface area contributed by atoms with Crippen LogP contribution in [0.4, 0.5) is 10.5 Å². The molecular formula is C15H20N2O5S2. The average molecular weight is 372 g/mol. The van der Waals surface area contributed by atoms with Gasteiger partial charge >= 0.3 is 6.09 Å². The van der Waals surface area contributed by atoms with Gasteiger partial charge < -0.3 is 14.7 Å². The third kappa shape index (κ3) is 5.29. The SMILES string of the molecule is O=C(OCc1ccc([N+](=O)[O-])cc1)N1C[C@@H](S)C[C@H]1CSCCO. The zero-order valence-electron chi connectivity index (χ0n) is 13.0. The number of amides is 1. The Bertz CT molecular complexity index is 569. The van der Waals surface area contributed by atoms with Crippen LogP contribution in [0.25, 0.3) is 0 Å². The van der Waals surface area contributed by atoms with Crippen molar-refractivity contribution in [3.05, 3.63) is 39.9 Å². The van der Waals surface area contributed by atoms with E-state index >= 15 is 0 Å². The third-order valence-electron chi connectivity index (χ3n) is 3.68. The highest BCUT2D eigenvalue weighted by molar-refractivity contribution is 7.99. The summed E-state index contributed by atoms with van der Waals surface area (Å²) in [6, 6.07) is 5.97. The fourth-order valence-corrected chi connectivity index (χ4v) is 3.80.